The molecule has 1 aliphatic rings. The van der Waals surface area contributed by atoms with Crippen LogP contribution < -0.4 is 15.9 Å². The molecule has 3 heterocycles. The van der Waals surface area contributed by atoms with Gasteiger partial charge in [0.2, 0.25) is 11.7 Å². The lowest BCUT2D eigenvalue weighted by Gasteiger charge is -2.17. The molecule has 0 aromatic carbocycles. The zero-order valence-electron chi connectivity index (χ0n) is 15.3. The van der Waals surface area contributed by atoms with Gasteiger partial charge in [-0.25, -0.2) is 13.7 Å². The largest absolute Gasteiger partial charge is 0.481 e. The number of aryl methyl sites for hydroxylation is 1. The van der Waals surface area contributed by atoms with Crippen molar-refractivity contribution < 1.29 is 52.2 Å². The van der Waals surface area contributed by atoms with Gasteiger partial charge in [0.25, 0.3) is 11.5 Å². The number of rotatable bonds is 7. The number of ether oxygens (including phenoxy) is 1. The van der Waals surface area contributed by atoms with Gasteiger partial charge < -0.3 is 35.4 Å². The van der Waals surface area contributed by atoms with Crippen LogP contribution in [0.5, 0.6) is 0 Å². The molecular weight excluding hydrogens is 452 g/mol. The van der Waals surface area contributed by atoms with Gasteiger partial charge in [-0.2, -0.15) is 4.31 Å². The van der Waals surface area contributed by atoms with E-state index < -0.39 is 52.4 Å². The molecule has 0 spiro atoms. The highest BCUT2D eigenvalue weighted by Crippen LogP contribution is 2.57. The Balaban J connectivity index is 1.87. The molecule has 0 bridgehead atoms. The maximum atomic E-state index is 12.2. The molecule has 1 aliphatic heterocycles. The predicted molar refractivity (Wildman–Crippen MR) is 95.5 cm³/mol. The summed E-state index contributed by atoms with van der Waals surface area (Å²) < 4.78 is 38.6. The number of phosphoric ester groups is 1. The Bertz CT molecular complexity index is 1100. The third-order valence-corrected chi connectivity index (χ3v) is 6.41. The first-order valence-electron chi connectivity index (χ1n) is 8.38. The van der Waals surface area contributed by atoms with Gasteiger partial charge in [-0.05, 0) is 6.92 Å². The zero-order chi connectivity index (χ0) is 22.4. The minimum atomic E-state index is -5.32. The van der Waals surface area contributed by atoms with Crippen molar-refractivity contribution in [3.05, 3.63) is 16.7 Å². The van der Waals surface area contributed by atoms with Crippen molar-refractivity contribution in [3.63, 3.8) is 0 Å². The van der Waals surface area contributed by atoms with Crippen molar-refractivity contribution >= 4 is 32.8 Å². The summed E-state index contributed by atoms with van der Waals surface area (Å²) in [5.41, 5.74) is 5.22. The van der Waals surface area contributed by atoms with Crippen LogP contribution in [0.4, 0.5) is 5.95 Å². The molecule has 2 aromatic rings. The number of fused-ring (bicyclic) bond motifs is 1. The van der Waals surface area contributed by atoms with Crippen LogP contribution in [0.3, 0.4) is 0 Å². The number of hydrogen-bond donors (Lipinski definition) is 7. The van der Waals surface area contributed by atoms with Gasteiger partial charge >= 0.3 is 21.3 Å². The van der Waals surface area contributed by atoms with E-state index in [0.717, 1.165) is 0 Å². The van der Waals surface area contributed by atoms with Crippen LogP contribution in [-0.2, 0) is 29.2 Å². The SMILES string of the molecule is CCn1c[n+]([C@@H]2O[C@H](COP(=O)(O)OP(=O)(O)O)[C@@H](O)[C@H]2O)c2nc(N)[nH]c(=O)c21. The third kappa shape index (κ3) is 4.63. The second-order valence-corrected chi connectivity index (χ2v) is 9.14. The lowest BCUT2D eigenvalue weighted by molar-refractivity contribution is -0.746. The van der Waals surface area contributed by atoms with Gasteiger partial charge in [-0.1, -0.05) is 4.98 Å². The Hall–Kier alpha value is -1.71. The number of nitrogens with one attached hydrogen (secondary N) is 1. The number of hydrogen-bond acceptors (Lipinski definition) is 10. The highest BCUT2D eigenvalue weighted by atomic mass is 31.3. The Morgan fingerprint density at radius 1 is 1.33 bits per heavy atom. The molecule has 5 atom stereocenters. The van der Waals surface area contributed by atoms with E-state index in [-0.39, 0.29) is 17.1 Å². The first-order valence-corrected chi connectivity index (χ1v) is 11.4. The molecule has 18 heteroatoms. The molecule has 0 aliphatic carbocycles. The number of anilines is 1. The van der Waals surface area contributed by atoms with E-state index in [9.17, 15) is 29.0 Å². The number of nitrogens with two attached hydrogens (primary N) is 1. The minimum Gasteiger partial charge on any atom is -0.387 e. The van der Waals surface area contributed by atoms with Crippen molar-refractivity contribution in [1.29, 1.82) is 0 Å². The molecule has 0 saturated carbocycles. The van der Waals surface area contributed by atoms with E-state index >= 15 is 0 Å². The summed E-state index contributed by atoms with van der Waals surface area (Å²) in [6.07, 6.45) is -4.49. The van der Waals surface area contributed by atoms with Crippen molar-refractivity contribution in [2.75, 3.05) is 12.3 Å². The van der Waals surface area contributed by atoms with Gasteiger partial charge in [0.05, 0.1) is 13.2 Å². The normalized spacial score (nSPS) is 26.9. The van der Waals surface area contributed by atoms with Crippen LogP contribution in [0.15, 0.2) is 11.1 Å². The molecule has 0 amide bonds. The molecule has 30 heavy (non-hydrogen) atoms. The van der Waals surface area contributed by atoms with Crippen molar-refractivity contribution in [3.8, 4) is 0 Å². The van der Waals surface area contributed by atoms with Crippen LogP contribution in [0.2, 0.25) is 0 Å². The molecule has 1 saturated heterocycles. The summed E-state index contributed by atoms with van der Waals surface area (Å²) in [5.74, 6) is -0.196. The fourth-order valence-electron chi connectivity index (χ4n) is 3.02. The van der Waals surface area contributed by atoms with Crippen molar-refractivity contribution in [2.45, 2.75) is 38.0 Å². The molecule has 16 nitrogen and oxygen atoms in total. The second kappa shape index (κ2) is 8.09. The summed E-state index contributed by atoms with van der Waals surface area (Å²) in [5, 5.41) is 20.6. The number of imidazole rings is 1. The van der Waals surface area contributed by atoms with E-state index in [1.807, 2.05) is 0 Å². The van der Waals surface area contributed by atoms with E-state index in [1.54, 1.807) is 6.92 Å². The number of aromatic nitrogens is 4. The van der Waals surface area contributed by atoms with Crippen LogP contribution in [0.1, 0.15) is 13.2 Å². The number of nitrogen functional groups attached to an aromatic ring is 1. The molecule has 2 aromatic heterocycles. The molecule has 1 unspecified atom stereocenters. The number of H-pyrrole nitrogens is 1. The van der Waals surface area contributed by atoms with Crippen LogP contribution >= 0.6 is 15.6 Å². The zero-order valence-corrected chi connectivity index (χ0v) is 17.1. The van der Waals surface area contributed by atoms with Crippen molar-refractivity contribution in [2.24, 2.45) is 0 Å². The second-order valence-electron chi connectivity index (χ2n) is 6.31. The topological polar surface area (TPSA) is 244 Å². The van der Waals surface area contributed by atoms with E-state index in [2.05, 4.69) is 18.8 Å². The Morgan fingerprint density at radius 2 is 2.00 bits per heavy atom. The fraction of sp³-hybridized carbons (Fsp3) is 0.583. The summed E-state index contributed by atoms with van der Waals surface area (Å²) in [6, 6.07) is 0. The minimum absolute atomic E-state index is 0.0496. The van der Waals surface area contributed by atoms with Crippen LogP contribution in [0.25, 0.3) is 11.2 Å². The molecule has 8 N–H and O–H groups in total. The Kier molecular flexibility index (Phi) is 6.19. The fourth-order valence-corrected chi connectivity index (χ4v) is 4.62. The monoisotopic (exact) mass is 472 g/mol. The molecule has 3 rings (SSSR count). The van der Waals surface area contributed by atoms with E-state index in [0.29, 0.717) is 6.54 Å². The average Bonchev–Trinajstić information content (AvgIpc) is 3.10. The van der Waals surface area contributed by atoms with Gasteiger partial charge in [-0.3, -0.25) is 18.9 Å². The number of aliphatic hydroxyl groups is 2. The van der Waals surface area contributed by atoms with Crippen LogP contribution in [-0.4, -0.2) is 64.3 Å². The Labute approximate surface area is 167 Å². The van der Waals surface area contributed by atoms with Crippen molar-refractivity contribution in [1.82, 2.24) is 14.5 Å². The highest BCUT2D eigenvalue weighted by Gasteiger charge is 2.48. The summed E-state index contributed by atoms with van der Waals surface area (Å²) >= 11 is 0. The van der Waals surface area contributed by atoms with E-state index in [1.165, 1.54) is 15.5 Å². The Morgan fingerprint density at radius 3 is 2.60 bits per heavy atom. The molecular formula is C12H20N5O11P2+. The number of nitrogens with zero attached hydrogens (tertiary/aromatic N) is 3. The summed E-state index contributed by atoms with van der Waals surface area (Å²) in [7, 11) is -10.5. The molecule has 0 radical (unpaired) electrons. The highest BCUT2D eigenvalue weighted by molar-refractivity contribution is 7.60. The van der Waals surface area contributed by atoms with Gasteiger partial charge in [0.1, 0.15) is 18.3 Å². The summed E-state index contributed by atoms with van der Waals surface area (Å²) in [6.45, 7) is 1.24. The van der Waals surface area contributed by atoms with Gasteiger partial charge in [0, 0.05) is 0 Å². The van der Waals surface area contributed by atoms with E-state index in [4.69, 9.17) is 20.3 Å². The maximum absolute atomic E-state index is 12.2. The molecule has 1 fully saturated rings. The lowest BCUT2D eigenvalue weighted by Crippen LogP contribution is -2.46. The number of phosphoric acid groups is 2. The number of aromatic amines is 1. The lowest BCUT2D eigenvalue weighted by atomic mass is 10.1. The third-order valence-electron chi connectivity index (χ3n) is 4.25. The smallest absolute Gasteiger partial charge is 0.387 e. The standard InChI is InChI=1S/C12H19N5O11P2/c1-2-16-4-17(9-6(16)10(20)15-12(13)14-9)11-8(19)7(18)5(27-11)3-26-30(24,25)28-29(21,22)23/h4-5,7-8,11,18-19H,2-3H2,1H3,(H5-,13,14,15,20,21,22,23,24,25)/p+1/t5-,7-,8-,11-/m1/s1. The average molecular weight is 472 g/mol. The predicted octanol–water partition coefficient (Wildman–Crippen LogP) is -2.54. The first kappa shape index (κ1) is 23.0. The quantitative estimate of drug-likeness (QED) is 0.162. The van der Waals surface area contributed by atoms with Gasteiger partial charge in [0.15, 0.2) is 6.33 Å². The van der Waals surface area contributed by atoms with Crippen LogP contribution in [0, 0.1) is 0 Å². The number of aliphatic hydroxyl groups excluding tert-OH is 2. The molecule has 168 valence electrons. The van der Waals surface area contributed by atoms with Gasteiger partial charge in [-0.15, -0.1) is 0 Å². The maximum Gasteiger partial charge on any atom is 0.481 e. The first-order chi connectivity index (χ1) is 13.8. The summed E-state index contributed by atoms with van der Waals surface area (Å²) in [4.78, 5) is 45.1.